The van der Waals surface area contributed by atoms with Crippen molar-refractivity contribution in [2.45, 2.75) is 37.6 Å². The van der Waals surface area contributed by atoms with E-state index in [-0.39, 0.29) is 22.8 Å². The van der Waals surface area contributed by atoms with Crippen LogP contribution < -0.4 is 25.4 Å². The Morgan fingerprint density at radius 2 is 1.73 bits per heavy atom. The lowest BCUT2D eigenvalue weighted by Gasteiger charge is -2.39. The maximum absolute atomic E-state index is 14.1. The van der Waals surface area contributed by atoms with Crippen LogP contribution >= 0.6 is 0 Å². The van der Waals surface area contributed by atoms with Gasteiger partial charge in [0, 0.05) is 31.3 Å². The monoisotopic (exact) mass is 557 g/mol. The van der Waals surface area contributed by atoms with E-state index in [0.717, 1.165) is 24.0 Å². The van der Waals surface area contributed by atoms with Gasteiger partial charge in [-0.3, -0.25) is 4.79 Å². The third-order valence-electron chi connectivity index (χ3n) is 7.69. The van der Waals surface area contributed by atoms with Gasteiger partial charge in [-0.2, -0.15) is 23.1 Å². The van der Waals surface area contributed by atoms with Crippen LogP contribution in [0.2, 0.25) is 0 Å². The van der Waals surface area contributed by atoms with Gasteiger partial charge >= 0.3 is 12.1 Å². The third-order valence-corrected chi connectivity index (χ3v) is 7.69. The van der Waals surface area contributed by atoms with Crippen LogP contribution in [0.1, 0.15) is 30.9 Å². The van der Waals surface area contributed by atoms with Gasteiger partial charge in [-0.1, -0.05) is 36.4 Å². The number of nitrogen functional groups attached to an aromatic ring is 1. The van der Waals surface area contributed by atoms with Gasteiger partial charge in [-0.15, -0.1) is 0 Å². The van der Waals surface area contributed by atoms with E-state index in [9.17, 15) is 23.1 Å². The Morgan fingerprint density at radius 3 is 2.27 bits per heavy atom. The number of piperidine rings is 1. The predicted octanol–water partition coefficient (Wildman–Crippen LogP) is 4.45. The molecule has 0 amide bonds. The number of ether oxygens (including phenoxy) is 2. The van der Waals surface area contributed by atoms with Gasteiger partial charge in [0.1, 0.15) is 17.6 Å². The Morgan fingerprint density at radius 1 is 1.10 bits per heavy atom. The molecule has 12 heteroatoms. The summed E-state index contributed by atoms with van der Waals surface area (Å²) in [6.07, 6.45) is -5.00. The fourth-order valence-corrected chi connectivity index (χ4v) is 5.41. The molecule has 0 radical (unpaired) electrons. The number of nitrogens with one attached hydrogen (secondary N) is 1. The number of benzene rings is 2. The van der Waals surface area contributed by atoms with Gasteiger partial charge in [-0.25, -0.2) is 0 Å². The number of rotatable bonds is 7. The van der Waals surface area contributed by atoms with Crippen molar-refractivity contribution in [2.24, 2.45) is 5.41 Å². The van der Waals surface area contributed by atoms with E-state index in [4.69, 9.17) is 15.2 Å². The highest BCUT2D eigenvalue weighted by Gasteiger charge is 2.45. The minimum absolute atomic E-state index is 0.0786. The number of nitrogens with zero attached hydrogens (tertiary/aromatic N) is 3. The number of nitrogens with two attached hydrogens (primary N) is 1. The van der Waals surface area contributed by atoms with Crippen molar-refractivity contribution in [2.75, 3.05) is 37.4 Å². The molecule has 4 N–H and O–H groups in total. The van der Waals surface area contributed by atoms with E-state index in [1.807, 2.05) is 17.0 Å². The molecule has 3 aromatic rings. The summed E-state index contributed by atoms with van der Waals surface area (Å²) >= 11 is 0. The molecule has 2 fully saturated rings. The second-order valence-electron chi connectivity index (χ2n) is 10.3. The smallest absolute Gasteiger partial charge is 0.429 e. The average Bonchev–Trinajstić information content (AvgIpc) is 3.35. The molecule has 212 valence electrons. The Labute approximate surface area is 229 Å². The van der Waals surface area contributed by atoms with Crippen molar-refractivity contribution in [3.8, 4) is 22.8 Å². The zero-order valence-electron chi connectivity index (χ0n) is 21.8. The molecule has 2 atom stereocenters. The lowest BCUT2D eigenvalue weighted by molar-refractivity contribution is -0.198. The second-order valence-corrected chi connectivity index (χ2v) is 10.3. The summed E-state index contributed by atoms with van der Waals surface area (Å²) in [7, 11) is 1.56. The lowest BCUT2D eigenvalue weighted by atomic mass is 9.76. The van der Waals surface area contributed by atoms with Crippen molar-refractivity contribution in [1.82, 2.24) is 15.3 Å². The fourth-order valence-electron chi connectivity index (χ4n) is 5.41. The normalized spacial score (nSPS) is 19.4. The average molecular weight is 558 g/mol. The molecule has 2 aromatic carbocycles. The number of carboxylic acid groups (broad SMARTS) is 1. The van der Waals surface area contributed by atoms with Gasteiger partial charge in [0.2, 0.25) is 17.9 Å². The molecule has 0 aliphatic carbocycles. The van der Waals surface area contributed by atoms with E-state index in [0.29, 0.717) is 37.6 Å². The Kier molecular flexibility index (Phi) is 7.45. The van der Waals surface area contributed by atoms with E-state index >= 15 is 0 Å². The van der Waals surface area contributed by atoms with Gasteiger partial charge in [0.25, 0.3) is 0 Å². The number of aromatic nitrogens is 2. The minimum Gasteiger partial charge on any atom is -0.497 e. The zero-order chi connectivity index (χ0) is 28.5. The van der Waals surface area contributed by atoms with Crippen molar-refractivity contribution in [1.29, 1.82) is 0 Å². The topological polar surface area (TPSA) is 123 Å². The van der Waals surface area contributed by atoms with E-state index in [1.165, 1.54) is 18.2 Å². The number of carboxylic acids is 1. The van der Waals surface area contributed by atoms with Crippen LogP contribution in [-0.2, 0) is 4.79 Å². The van der Waals surface area contributed by atoms with Crippen LogP contribution in [-0.4, -0.2) is 60.0 Å². The Bertz CT molecular complexity index is 1340. The number of methoxy groups -OCH3 is 1. The Balaban J connectivity index is 1.31. The molecule has 9 nitrogen and oxygen atoms in total. The molecule has 5 rings (SSSR count). The third kappa shape index (κ3) is 5.91. The van der Waals surface area contributed by atoms with Crippen LogP contribution in [0.15, 0.2) is 54.6 Å². The van der Waals surface area contributed by atoms with E-state index in [2.05, 4.69) is 15.3 Å². The largest absolute Gasteiger partial charge is 0.497 e. The summed E-state index contributed by atoms with van der Waals surface area (Å²) in [5.41, 5.74) is 7.24. The van der Waals surface area contributed by atoms with Crippen LogP contribution in [0.5, 0.6) is 11.6 Å². The first kappa shape index (κ1) is 27.5. The molecule has 0 unspecified atom stereocenters. The van der Waals surface area contributed by atoms with Crippen molar-refractivity contribution < 1.29 is 32.5 Å². The SMILES string of the molecule is COc1ccc(-c2ccc([C@@H](Oc3cc(N4CCC5(CC4)CN[C@H](C(=O)O)C5)nc(N)n3)C(F)(F)F)cc2)cc1. The van der Waals surface area contributed by atoms with Crippen LogP contribution in [0.3, 0.4) is 0 Å². The number of hydrogen-bond acceptors (Lipinski definition) is 8. The number of alkyl halides is 3. The van der Waals surface area contributed by atoms with Gasteiger partial charge < -0.3 is 30.5 Å². The first-order valence-electron chi connectivity index (χ1n) is 12.9. The highest BCUT2D eigenvalue weighted by Crippen LogP contribution is 2.41. The fraction of sp³-hybridized carbons (Fsp3) is 0.393. The Hall–Kier alpha value is -4.06. The molecule has 40 heavy (non-hydrogen) atoms. The second kappa shape index (κ2) is 10.8. The van der Waals surface area contributed by atoms with Crippen LogP contribution in [0, 0.1) is 5.41 Å². The summed E-state index contributed by atoms with van der Waals surface area (Å²) in [6, 6.07) is 14.0. The molecule has 2 aliphatic heterocycles. The van der Waals surface area contributed by atoms with Crippen molar-refractivity contribution in [3.63, 3.8) is 0 Å². The molecule has 1 spiro atoms. The van der Waals surface area contributed by atoms with E-state index in [1.54, 1.807) is 31.4 Å². The maximum Gasteiger partial charge on any atom is 0.429 e. The molecule has 1 aromatic heterocycles. The lowest BCUT2D eigenvalue weighted by Crippen LogP contribution is -2.41. The number of anilines is 2. The summed E-state index contributed by atoms with van der Waals surface area (Å²) in [5, 5.41) is 12.4. The van der Waals surface area contributed by atoms with Crippen LogP contribution in [0.4, 0.5) is 24.9 Å². The summed E-state index contributed by atoms with van der Waals surface area (Å²) in [6.45, 7) is 1.72. The molecule has 0 saturated carbocycles. The van der Waals surface area contributed by atoms with Crippen LogP contribution in [0.25, 0.3) is 11.1 Å². The first-order valence-corrected chi connectivity index (χ1v) is 12.9. The van der Waals surface area contributed by atoms with Crippen molar-refractivity contribution in [3.05, 3.63) is 60.2 Å². The summed E-state index contributed by atoms with van der Waals surface area (Å²) < 4.78 is 53.0. The minimum atomic E-state index is -4.71. The molecule has 2 aliphatic rings. The highest BCUT2D eigenvalue weighted by atomic mass is 19.4. The number of halogens is 3. The van der Waals surface area contributed by atoms with Crippen molar-refractivity contribution >= 4 is 17.7 Å². The summed E-state index contributed by atoms with van der Waals surface area (Å²) in [4.78, 5) is 21.4. The molecular formula is C28H30F3N5O4. The zero-order valence-corrected chi connectivity index (χ0v) is 21.8. The number of hydrogen-bond donors (Lipinski definition) is 3. The van der Waals surface area contributed by atoms with Gasteiger partial charge in [0.05, 0.1) is 7.11 Å². The number of carbonyl (C=O) groups is 1. The number of aliphatic carboxylic acids is 1. The molecule has 0 bridgehead atoms. The first-order chi connectivity index (χ1) is 19.0. The van der Waals surface area contributed by atoms with Gasteiger partial charge in [-0.05, 0) is 47.9 Å². The molecule has 3 heterocycles. The summed E-state index contributed by atoms with van der Waals surface area (Å²) in [5.74, 6) is -0.288. The standard InChI is InChI=1S/C28H30F3N5O4/c1-39-20-8-6-18(7-9-20)17-2-4-19(5-3-17)24(28(29,30)31)40-23-14-22(34-26(32)35-23)36-12-10-27(11-13-36)15-21(25(37)38)33-16-27/h2-9,14,21,24,33H,10-13,15-16H2,1H3,(H,37,38)(H2,32,34,35)/t21-,24+/m0/s1. The quantitative estimate of drug-likeness (QED) is 0.387. The maximum atomic E-state index is 14.1. The predicted molar refractivity (Wildman–Crippen MR) is 142 cm³/mol. The molecular weight excluding hydrogens is 527 g/mol. The van der Waals surface area contributed by atoms with Gasteiger partial charge in [0.15, 0.2) is 0 Å². The van der Waals surface area contributed by atoms with E-state index < -0.39 is 24.3 Å². The highest BCUT2D eigenvalue weighted by molar-refractivity contribution is 5.74. The molecule has 2 saturated heterocycles.